The number of nitrogens with zero attached hydrogens (tertiary/aromatic N) is 4. The lowest BCUT2D eigenvalue weighted by molar-refractivity contribution is -0.382. The minimum atomic E-state index is -7.50. The van der Waals surface area contributed by atoms with E-state index in [1.165, 1.54) is 0 Å². The van der Waals surface area contributed by atoms with E-state index in [0.717, 1.165) is 24.3 Å². The lowest BCUT2D eigenvalue weighted by atomic mass is 10.1. The summed E-state index contributed by atoms with van der Waals surface area (Å²) in [5, 5.41) is -14.0. The van der Waals surface area contributed by atoms with Crippen LogP contribution in [0.15, 0.2) is 24.3 Å². The summed E-state index contributed by atoms with van der Waals surface area (Å²) < 4.78 is 286. The number of halogens is 18. The van der Waals surface area contributed by atoms with Gasteiger partial charge in [0.15, 0.2) is 0 Å². The van der Waals surface area contributed by atoms with Crippen LogP contribution in [0.4, 0.5) is 79.0 Å². The number of sulfonamides is 2. The SMILES string of the molecule is O=C(c1ccc(C(=O)N2CCN(S(=O)(=O)C(F)(F)C(F)(F)C(F)(F)C(F)(F)F)CC2)cc1)N1CCN(S(=O)(=O)C(F)(F)C(F)(F)C(F)(F)C(F)(F)F)CC1. The van der Waals surface area contributed by atoms with Gasteiger partial charge >= 0.3 is 46.6 Å². The summed E-state index contributed by atoms with van der Waals surface area (Å²) in [5.41, 5.74) is -0.724. The first-order valence-corrected chi connectivity index (χ1v) is 16.9. The van der Waals surface area contributed by atoms with Crippen molar-refractivity contribution in [1.82, 2.24) is 18.4 Å². The largest absolute Gasteiger partial charge is 0.460 e. The van der Waals surface area contributed by atoms with Crippen molar-refractivity contribution in [2.24, 2.45) is 0 Å². The Labute approximate surface area is 290 Å². The monoisotopic (exact) mass is 866 g/mol. The molecule has 310 valence electrons. The van der Waals surface area contributed by atoms with Crippen molar-refractivity contribution in [1.29, 1.82) is 0 Å². The van der Waals surface area contributed by atoms with Crippen molar-refractivity contribution in [3.05, 3.63) is 35.4 Å². The zero-order chi connectivity index (χ0) is 42.1. The van der Waals surface area contributed by atoms with Crippen LogP contribution in [0.5, 0.6) is 0 Å². The molecule has 2 saturated heterocycles. The number of carbonyl (C=O) groups excluding carboxylic acids is 2. The van der Waals surface area contributed by atoms with Crippen molar-refractivity contribution in [3.63, 3.8) is 0 Å². The molecule has 0 unspecified atom stereocenters. The number of carbonyl (C=O) groups is 2. The predicted octanol–water partition coefficient (Wildman–Crippen LogP) is 4.71. The standard InChI is InChI=1S/C24H20F18N4O6S2/c25-17(26,21(33,34)35)19(29,30)23(39,40)53(49,50)45-9-5-43(6-10-45)15(47)13-1-2-14(4-3-13)16(48)44-7-11-46(12-8-44)54(51,52)24(41,42)20(31,32)18(27,28)22(36,37)38/h1-4H,5-12H2. The third-order valence-corrected chi connectivity index (χ3v) is 11.9. The molecule has 0 atom stereocenters. The van der Waals surface area contributed by atoms with Gasteiger partial charge in [-0.25, -0.2) is 16.8 Å². The van der Waals surface area contributed by atoms with Gasteiger partial charge in [0.1, 0.15) is 0 Å². The number of hydrogen-bond donors (Lipinski definition) is 0. The van der Waals surface area contributed by atoms with E-state index in [0.29, 0.717) is 9.80 Å². The fourth-order valence-electron chi connectivity index (χ4n) is 4.75. The summed E-state index contributed by atoms with van der Waals surface area (Å²) >= 11 is 0. The molecule has 2 heterocycles. The Morgan fingerprint density at radius 1 is 0.407 bits per heavy atom. The van der Waals surface area contributed by atoms with Crippen LogP contribution in [-0.4, -0.2) is 146 Å². The Kier molecular flexibility index (Phi) is 11.5. The van der Waals surface area contributed by atoms with E-state index in [9.17, 15) is 105 Å². The average Bonchev–Trinajstić information content (AvgIpc) is 3.06. The molecule has 0 saturated carbocycles. The number of piperazine rings is 2. The van der Waals surface area contributed by atoms with Crippen molar-refractivity contribution in [2.45, 2.75) is 46.6 Å². The van der Waals surface area contributed by atoms with Crippen LogP contribution in [0.3, 0.4) is 0 Å². The smallest absolute Gasteiger partial charge is 0.336 e. The molecule has 0 bridgehead atoms. The van der Waals surface area contributed by atoms with E-state index in [1.54, 1.807) is 0 Å². The Morgan fingerprint density at radius 3 is 0.833 bits per heavy atom. The first-order chi connectivity index (χ1) is 24.0. The topological polar surface area (TPSA) is 115 Å². The molecule has 0 aromatic heterocycles. The molecule has 0 aliphatic carbocycles. The maximum Gasteiger partial charge on any atom is 0.460 e. The van der Waals surface area contributed by atoms with Crippen LogP contribution >= 0.6 is 0 Å². The third kappa shape index (κ3) is 6.91. The van der Waals surface area contributed by atoms with Crippen molar-refractivity contribution < 1.29 is 105 Å². The van der Waals surface area contributed by atoms with Gasteiger partial charge in [0.05, 0.1) is 0 Å². The molecular formula is C24H20F18N4O6S2. The Balaban J connectivity index is 1.66. The fraction of sp³-hybridized carbons (Fsp3) is 0.667. The molecule has 3 rings (SSSR count). The van der Waals surface area contributed by atoms with Crippen molar-refractivity contribution in [2.75, 3.05) is 52.4 Å². The van der Waals surface area contributed by atoms with Crippen molar-refractivity contribution in [3.8, 4) is 0 Å². The lowest BCUT2D eigenvalue weighted by Crippen LogP contribution is -2.66. The molecule has 10 nitrogen and oxygen atoms in total. The van der Waals surface area contributed by atoms with E-state index in [-0.39, 0.29) is 11.1 Å². The molecule has 2 aliphatic rings. The highest BCUT2D eigenvalue weighted by Crippen LogP contribution is 2.56. The van der Waals surface area contributed by atoms with Gasteiger partial charge in [0.2, 0.25) is 0 Å². The van der Waals surface area contributed by atoms with Gasteiger partial charge in [-0.2, -0.15) is 87.6 Å². The average molecular weight is 867 g/mol. The molecule has 54 heavy (non-hydrogen) atoms. The normalized spacial score (nSPS) is 18.9. The number of benzene rings is 1. The third-order valence-electron chi connectivity index (χ3n) is 7.99. The summed E-state index contributed by atoms with van der Waals surface area (Å²) in [5.74, 6) is -32.1. The van der Waals surface area contributed by atoms with Gasteiger partial charge in [-0.1, -0.05) is 0 Å². The molecule has 2 amide bonds. The van der Waals surface area contributed by atoms with E-state index < -0.39 is 139 Å². The zero-order valence-electron chi connectivity index (χ0n) is 25.8. The Hall–Kier alpha value is -3.28. The van der Waals surface area contributed by atoms with Gasteiger partial charge in [0.25, 0.3) is 31.9 Å². The highest BCUT2D eigenvalue weighted by Gasteiger charge is 2.87. The van der Waals surface area contributed by atoms with Crippen LogP contribution < -0.4 is 0 Å². The van der Waals surface area contributed by atoms with Crippen LogP contribution in [0.1, 0.15) is 20.7 Å². The molecule has 2 aliphatic heterocycles. The van der Waals surface area contributed by atoms with Crippen molar-refractivity contribution >= 4 is 31.9 Å². The fourth-order valence-corrected chi connectivity index (χ4v) is 7.59. The summed E-state index contributed by atoms with van der Waals surface area (Å²) in [4.78, 5) is 27.0. The summed E-state index contributed by atoms with van der Waals surface area (Å²) in [7, 11) is -13.9. The Bertz CT molecular complexity index is 1670. The minimum absolute atomic E-state index is 0.362. The number of rotatable bonds is 10. The molecular weight excluding hydrogens is 846 g/mol. The summed E-state index contributed by atoms with van der Waals surface area (Å²) in [6.07, 6.45) is -14.6. The minimum Gasteiger partial charge on any atom is -0.336 e. The van der Waals surface area contributed by atoms with E-state index in [4.69, 9.17) is 0 Å². The van der Waals surface area contributed by atoms with Gasteiger partial charge in [-0.05, 0) is 24.3 Å². The second-order valence-electron chi connectivity index (χ2n) is 11.3. The van der Waals surface area contributed by atoms with Gasteiger partial charge < -0.3 is 9.80 Å². The second-order valence-corrected chi connectivity index (χ2v) is 15.3. The van der Waals surface area contributed by atoms with E-state index in [1.807, 2.05) is 0 Å². The number of hydrogen-bond acceptors (Lipinski definition) is 6. The zero-order valence-corrected chi connectivity index (χ0v) is 27.5. The maximum absolute atomic E-state index is 14.2. The second kappa shape index (κ2) is 13.7. The molecule has 2 fully saturated rings. The first kappa shape index (κ1) is 45.1. The predicted molar refractivity (Wildman–Crippen MR) is 141 cm³/mol. The number of alkyl halides is 18. The molecule has 0 radical (unpaired) electrons. The summed E-state index contributed by atoms with van der Waals surface area (Å²) in [6.45, 7) is -8.87. The molecule has 0 N–H and O–H groups in total. The van der Waals surface area contributed by atoms with Gasteiger partial charge in [-0.15, -0.1) is 0 Å². The van der Waals surface area contributed by atoms with Crippen LogP contribution in [-0.2, 0) is 20.0 Å². The molecule has 30 heteroatoms. The van der Waals surface area contributed by atoms with Crippen LogP contribution in [0, 0.1) is 0 Å². The first-order valence-electron chi connectivity index (χ1n) is 14.0. The quantitative estimate of drug-likeness (QED) is 0.315. The van der Waals surface area contributed by atoms with Crippen LogP contribution in [0.2, 0.25) is 0 Å². The molecule has 1 aromatic carbocycles. The number of amides is 2. The Morgan fingerprint density at radius 2 is 0.630 bits per heavy atom. The van der Waals surface area contributed by atoms with E-state index >= 15 is 0 Å². The highest BCUT2D eigenvalue weighted by molar-refractivity contribution is 7.90. The van der Waals surface area contributed by atoms with Gasteiger partial charge in [0, 0.05) is 63.5 Å². The highest BCUT2D eigenvalue weighted by atomic mass is 32.2. The molecule has 1 aromatic rings. The molecule has 0 spiro atoms. The van der Waals surface area contributed by atoms with E-state index in [2.05, 4.69) is 0 Å². The van der Waals surface area contributed by atoms with Gasteiger partial charge in [-0.3, -0.25) is 9.59 Å². The summed E-state index contributed by atoms with van der Waals surface area (Å²) in [6, 6.07) is 3.54. The van der Waals surface area contributed by atoms with Crippen LogP contribution in [0.25, 0.3) is 0 Å². The maximum atomic E-state index is 14.2. The lowest BCUT2D eigenvalue weighted by Gasteiger charge is -2.39.